The molecule has 0 aliphatic carbocycles. The van der Waals surface area contributed by atoms with E-state index in [0.29, 0.717) is 0 Å². The Morgan fingerprint density at radius 2 is 1.90 bits per heavy atom. The van der Waals surface area contributed by atoms with E-state index in [2.05, 4.69) is 55.6 Å². The largest absolute Gasteiger partial charge is 0.379 e. The molecule has 160 valence electrons. The molecule has 2 aromatic heterocycles. The van der Waals surface area contributed by atoms with Crippen LogP contribution < -0.4 is 5.32 Å². The predicted octanol–water partition coefficient (Wildman–Crippen LogP) is 1.90. The van der Waals surface area contributed by atoms with Gasteiger partial charge in [0.2, 0.25) is 0 Å². The fourth-order valence-corrected chi connectivity index (χ4v) is 4.60. The van der Waals surface area contributed by atoms with E-state index in [4.69, 9.17) is 4.74 Å². The van der Waals surface area contributed by atoms with Crippen molar-refractivity contribution in [1.82, 2.24) is 24.4 Å². The van der Waals surface area contributed by atoms with Crippen molar-refractivity contribution in [2.75, 3.05) is 51.3 Å². The van der Waals surface area contributed by atoms with Crippen LogP contribution in [0.3, 0.4) is 0 Å². The van der Waals surface area contributed by atoms with Crippen molar-refractivity contribution in [2.24, 2.45) is 0 Å². The summed E-state index contributed by atoms with van der Waals surface area (Å²) in [6, 6.07) is 13.0. The summed E-state index contributed by atoms with van der Waals surface area (Å²) in [5.41, 5.74) is 5.10. The molecule has 1 N–H and O–H groups in total. The first-order valence-electron chi connectivity index (χ1n) is 10.9. The van der Waals surface area contributed by atoms with Gasteiger partial charge in [-0.05, 0) is 17.5 Å². The Morgan fingerprint density at radius 1 is 1.06 bits per heavy atom. The molecule has 0 bridgehead atoms. The third-order valence-corrected chi connectivity index (χ3v) is 6.21. The fraction of sp³-hybridized carbons (Fsp3) is 0.435. The fourth-order valence-electron chi connectivity index (χ4n) is 4.60. The zero-order valence-electron chi connectivity index (χ0n) is 17.6. The Labute approximate surface area is 182 Å². The van der Waals surface area contributed by atoms with E-state index in [9.17, 15) is 5.26 Å². The maximum Gasteiger partial charge on any atom is 0.167 e. The highest BCUT2D eigenvalue weighted by Crippen LogP contribution is 2.31. The van der Waals surface area contributed by atoms with Gasteiger partial charge in [-0.25, -0.2) is 0 Å². The van der Waals surface area contributed by atoms with Crippen LogP contribution in [-0.2, 0) is 24.2 Å². The topological polar surface area (TPSA) is 81.7 Å². The van der Waals surface area contributed by atoms with Crippen molar-refractivity contribution >= 4 is 11.5 Å². The van der Waals surface area contributed by atoms with Gasteiger partial charge in [0.25, 0.3) is 0 Å². The molecule has 0 saturated carbocycles. The first-order valence-corrected chi connectivity index (χ1v) is 10.9. The summed E-state index contributed by atoms with van der Waals surface area (Å²) in [5, 5.41) is 22.1. The maximum absolute atomic E-state index is 10.0. The van der Waals surface area contributed by atoms with Gasteiger partial charge < -0.3 is 10.1 Å². The van der Waals surface area contributed by atoms with Crippen LogP contribution in [0.25, 0.3) is 5.65 Å². The standard InChI is InChI=1S/C23H27N7O/c24-14-20-19-6-8-29(15-18-4-2-1-3-5-18)16-21(19)23-27-26-17-30(23)22(20)25-7-9-28-10-12-31-13-11-28/h1-5,17,25H,6-13,15-16H2. The van der Waals surface area contributed by atoms with E-state index in [0.717, 1.165) is 93.6 Å². The zero-order valence-corrected chi connectivity index (χ0v) is 17.6. The summed E-state index contributed by atoms with van der Waals surface area (Å²) in [6.45, 7) is 7.76. The second-order valence-corrected chi connectivity index (χ2v) is 8.14. The minimum Gasteiger partial charge on any atom is -0.379 e. The van der Waals surface area contributed by atoms with Gasteiger partial charge in [-0.1, -0.05) is 30.3 Å². The third-order valence-electron chi connectivity index (χ3n) is 6.21. The number of ether oxygens (including phenoxy) is 1. The Morgan fingerprint density at radius 3 is 2.71 bits per heavy atom. The Balaban J connectivity index is 1.39. The van der Waals surface area contributed by atoms with E-state index >= 15 is 0 Å². The van der Waals surface area contributed by atoms with E-state index in [1.165, 1.54) is 5.56 Å². The number of anilines is 1. The SMILES string of the molecule is N#Cc1c2c(c3nncn3c1NCCN1CCOCC1)CN(Cc1ccccc1)CC2. The molecule has 3 aromatic rings. The van der Waals surface area contributed by atoms with E-state index in [-0.39, 0.29) is 0 Å². The van der Waals surface area contributed by atoms with Gasteiger partial charge in [-0.15, -0.1) is 10.2 Å². The van der Waals surface area contributed by atoms with Crippen LogP contribution in [0.1, 0.15) is 22.3 Å². The number of nitrogens with zero attached hydrogens (tertiary/aromatic N) is 6. The molecule has 0 unspecified atom stereocenters. The third kappa shape index (κ3) is 4.12. The molecule has 0 amide bonds. The van der Waals surface area contributed by atoms with Crippen LogP contribution >= 0.6 is 0 Å². The number of aromatic nitrogens is 3. The molecule has 4 heterocycles. The highest BCUT2D eigenvalue weighted by molar-refractivity contribution is 5.68. The van der Waals surface area contributed by atoms with Crippen LogP contribution in [0.15, 0.2) is 36.7 Å². The average molecular weight is 418 g/mol. The molecule has 0 spiro atoms. The Hall–Kier alpha value is -2.99. The Bertz CT molecular complexity index is 1080. The molecule has 2 aliphatic rings. The lowest BCUT2D eigenvalue weighted by Gasteiger charge is -2.30. The van der Waals surface area contributed by atoms with Crippen LogP contribution in [0.5, 0.6) is 0 Å². The molecule has 0 atom stereocenters. The molecule has 5 rings (SSSR count). The van der Waals surface area contributed by atoms with Crippen LogP contribution in [0.2, 0.25) is 0 Å². The first-order chi connectivity index (χ1) is 15.3. The molecule has 8 heteroatoms. The minimum atomic E-state index is 0.726. The van der Waals surface area contributed by atoms with Gasteiger partial charge in [-0.3, -0.25) is 14.2 Å². The number of hydrogen-bond acceptors (Lipinski definition) is 7. The van der Waals surface area contributed by atoms with Crippen LogP contribution in [0.4, 0.5) is 5.82 Å². The molecular weight excluding hydrogens is 390 g/mol. The van der Waals surface area contributed by atoms with Gasteiger partial charge in [0.1, 0.15) is 18.2 Å². The van der Waals surface area contributed by atoms with Gasteiger partial charge >= 0.3 is 0 Å². The van der Waals surface area contributed by atoms with Crippen molar-refractivity contribution in [3.63, 3.8) is 0 Å². The zero-order chi connectivity index (χ0) is 21.0. The smallest absolute Gasteiger partial charge is 0.167 e. The van der Waals surface area contributed by atoms with Crippen molar-refractivity contribution < 1.29 is 4.74 Å². The van der Waals surface area contributed by atoms with E-state index in [1.54, 1.807) is 6.33 Å². The molecular formula is C23H27N7O. The lowest BCUT2D eigenvalue weighted by Crippen LogP contribution is -2.39. The number of hydrogen-bond donors (Lipinski definition) is 1. The average Bonchev–Trinajstić information content (AvgIpc) is 3.31. The molecule has 31 heavy (non-hydrogen) atoms. The van der Waals surface area contributed by atoms with Gasteiger partial charge in [0.05, 0.1) is 18.8 Å². The van der Waals surface area contributed by atoms with Crippen molar-refractivity contribution in [2.45, 2.75) is 19.5 Å². The molecule has 2 aliphatic heterocycles. The number of nitrogens with one attached hydrogen (secondary N) is 1. The monoisotopic (exact) mass is 417 g/mol. The second-order valence-electron chi connectivity index (χ2n) is 8.14. The van der Waals surface area contributed by atoms with Gasteiger partial charge in [-0.2, -0.15) is 5.26 Å². The lowest BCUT2D eigenvalue weighted by molar-refractivity contribution is 0.0398. The summed E-state index contributed by atoms with van der Waals surface area (Å²) < 4.78 is 7.37. The summed E-state index contributed by atoms with van der Waals surface area (Å²) in [7, 11) is 0. The van der Waals surface area contributed by atoms with Crippen molar-refractivity contribution in [3.05, 3.63) is 58.9 Å². The second kappa shape index (κ2) is 9.02. The number of rotatable bonds is 6. The van der Waals surface area contributed by atoms with E-state index < -0.39 is 0 Å². The quantitative estimate of drug-likeness (QED) is 0.656. The first kappa shape index (κ1) is 19.9. The van der Waals surface area contributed by atoms with Gasteiger partial charge in [0, 0.05) is 51.4 Å². The molecule has 1 fully saturated rings. The molecule has 1 aromatic carbocycles. The number of pyridine rings is 1. The Kier molecular flexibility index (Phi) is 5.80. The van der Waals surface area contributed by atoms with E-state index in [1.807, 2.05) is 10.5 Å². The van der Waals surface area contributed by atoms with Crippen molar-refractivity contribution in [1.29, 1.82) is 5.26 Å². The highest BCUT2D eigenvalue weighted by Gasteiger charge is 2.26. The molecule has 8 nitrogen and oxygen atoms in total. The lowest BCUT2D eigenvalue weighted by atomic mass is 9.95. The number of fused-ring (bicyclic) bond motifs is 3. The summed E-state index contributed by atoms with van der Waals surface area (Å²) in [6.07, 6.45) is 2.55. The maximum atomic E-state index is 10.0. The number of nitriles is 1. The predicted molar refractivity (Wildman–Crippen MR) is 118 cm³/mol. The number of benzene rings is 1. The van der Waals surface area contributed by atoms with Crippen LogP contribution in [-0.4, -0.2) is 70.3 Å². The van der Waals surface area contributed by atoms with Crippen LogP contribution in [0, 0.1) is 11.3 Å². The summed E-state index contributed by atoms with van der Waals surface area (Å²) >= 11 is 0. The summed E-state index contributed by atoms with van der Waals surface area (Å²) in [5.74, 6) is 0.811. The van der Waals surface area contributed by atoms with Crippen molar-refractivity contribution in [3.8, 4) is 6.07 Å². The molecule has 0 radical (unpaired) electrons. The minimum absolute atomic E-state index is 0.726. The summed E-state index contributed by atoms with van der Waals surface area (Å²) in [4.78, 5) is 4.80. The normalized spacial score (nSPS) is 17.4. The highest BCUT2D eigenvalue weighted by atomic mass is 16.5. The molecule has 1 saturated heterocycles. The van der Waals surface area contributed by atoms with Gasteiger partial charge in [0.15, 0.2) is 5.65 Å². The number of morpholine rings is 1.